The minimum Gasteiger partial charge on any atom is -0.483 e. The van der Waals surface area contributed by atoms with E-state index < -0.39 is 0 Å². The fraction of sp³-hybridized carbons (Fsp3) is 0.261. The Kier molecular flexibility index (Phi) is 6.29. The second-order valence-corrected chi connectivity index (χ2v) is 8.61. The van der Waals surface area contributed by atoms with Gasteiger partial charge in [-0.15, -0.1) is 0 Å². The molecule has 1 aliphatic rings. The SMILES string of the molecule is Cc1ccc(-c2cn3c(n2)sc2cc(C(=O)NC[C@H]4CCNC4)ccc23)cc1.O=CO. The Morgan fingerprint density at radius 1 is 1.32 bits per heavy atom. The van der Waals surface area contributed by atoms with Crippen molar-refractivity contribution in [2.45, 2.75) is 13.3 Å². The first-order valence-electron chi connectivity index (χ1n) is 10.1. The molecule has 5 rings (SSSR count). The van der Waals surface area contributed by atoms with Gasteiger partial charge in [0.1, 0.15) is 0 Å². The van der Waals surface area contributed by atoms with E-state index in [0.29, 0.717) is 11.5 Å². The number of hydrogen-bond donors (Lipinski definition) is 3. The summed E-state index contributed by atoms with van der Waals surface area (Å²) < 4.78 is 3.19. The third-order valence-electron chi connectivity index (χ3n) is 5.42. The van der Waals surface area contributed by atoms with Gasteiger partial charge in [-0.2, -0.15) is 0 Å². The molecule has 31 heavy (non-hydrogen) atoms. The third kappa shape index (κ3) is 4.60. The Bertz CT molecular complexity index is 1210. The first-order valence-corrected chi connectivity index (χ1v) is 11.0. The van der Waals surface area contributed by atoms with Crippen molar-refractivity contribution in [1.82, 2.24) is 20.0 Å². The molecule has 1 atom stereocenters. The molecular formula is C23H24N4O3S. The Hall–Kier alpha value is -3.23. The topological polar surface area (TPSA) is 95.7 Å². The van der Waals surface area contributed by atoms with Crippen LogP contribution in [0.25, 0.3) is 26.4 Å². The van der Waals surface area contributed by atoms with E-state index in [4.69, 9.17) is 14.9 Å². The molecule has 8 heteroatoms. The standard InChI is InChI=1S/C22H22N4OS.CH2O2/c1-14-2-4-16(5-3-14)18-13-26-19-7-6-17(10-20(19)28-22(26)25-18)21(27)24-12-15-8-9-23-11-15;2-1-3/h2-7,10,13,15,23H,8-9,11-12H2,1H3,(H,24,27);1H,(H,2,3)/t15-;/m0./s1. The van der Waals surface area contributed by atoms with Gasteiger partial charge in [-0.05, 0) is 50.6 Å². The number of aryl methyl sites for hydroxylation is 1. The molecule has 1 amide bonds. The number of nitrogens with one attached hydrogen (secondary N) is 2. The van der Waals surface area contributed by atoms with Crippen molar-refractivity contribution in [2.24, 2.45) is 5.92 Å². The van der Waals surface area contributed by atoms with E-state index in [9.17, 15) is 4.79 Å². The summed E-state index contributed by atoms with van der Waals surface area (Å²) in [5.74, 6) is 0.540. The number of amides is 1. The summed E-state index contributed by atoms with van der Waals surface area (Å²) in [5.41, 5.74) is 5.13. The number of carbonyl (C=O) groups excluding carboxylic acids is 1. The summed E-state index contributed by atoms with van der Waals surface area (Å²) >= 11 is 1.62. The summed E-state index contributed by atoms with van der Waals surface area (Å²) in [4.78, 5) is 26.6. The lowest BCUT2D eigenvalue weighted by molar-refractivity contribution is -0.122. The molecule has 160 valence electrons. The number of hydrogen-bond acceptors (Lipinski definition) is 5. The highest BCUT2D eigenvalue weighted by Crippen LogP contribution is 2.30. The van der Waals surface area contributed by atoms with Gasteiger partial charge in [0, 0.05) is 23.9 Å². The summed E-state index contributed by atoms with van der Waals surface area (Å²) in [5, 5.41) is 13.3. The van der Waals surface area contributed by atoms with E-state index in [2.05, 4.69) is 52.4 Å². The van der Waals surface area contributed by atoms with Crippen molar-refractivity contribution in [1.29, 1.82) is 0 Å². The predicted octanol–water partition coefficient (Wildman–Crippen LogP) is 3.56. The molecule has 1 aliphatic heterocycles. The van der Waals surface area contributed by atoms with E-state index in [1.807, 2.05) is 18.2 Å². The molecule has 3 heterocycles. The fourth-order valence-electron chi connectivity index (χ4n) is 3.73. The van der Waals surface area contributed by atoms with Crippen molar-refractivity contribution in [3.8, 4) is 11.3 Å². The lowest BCUT2D eigenvalue weighted by Gasteiger charge is -2.10. The molecule has 0 spiro atoms. The van der Waals surface area contributed by atoms with Gasteiger partial charge in [0.25, 0.3) is 12.4 Å². The number of thiazole rings is 1. The van der Waals surface area contributed by atoms with Crippen molar-refractivity contribution in [2.75, 3.05) is 19.6 Å². The molecule has 0 saturated carbocycles. The van der Waals surface area contributed by atoms with Crippen LogP contribution in [0, 0.1) is 12.8 Å². The molecule has 0 bridgehead atoms. The normalized spacial score (nSPS) is 15.6. The molecule has 2 aromatic heterocycles. The van der Waals surface area contributed by atoms with Crippen LogP contribution in [0.2, 0.25) is 0 Å². The van der Waals surface area contributed by atoms with Gasteiger partial charge in [-0.25, -0.2) is 4.98 Å². The summed E-state index contributed by atoms with van der Waals surface area (Å²) in [6.07, 6.45) is 3.20. The van der Waals surface area contributed by atoms with Crippen LogP contribution in [0.1, 0.15) is 22.3 Å². The van der Waals surface area contributed by atoms with E-state index >= 15 is 0 Å². The monoisotopic (exact) mass is 436 g/mol. The highest BCUT2D eigenvalue weighted by Gasteiger charge is 2.17. The molecule has 0 unspecified atom stereocenters. The molecule has 1 fully saturated rings. The lowest BCUT2D eigenvalue weighted by atomic mass is 10.1. The summed E-state index contributed by atoms with van der Waals surface area (Å²) in [7, 11) is 0. The number of carboxylic acid groups (broad SMARTS) is 1. The first-order chi connectivity index (χ1) is 15.1. The Balaban J connectivity index is 0.000000730. The second-order valence-electron chi connectivity index (χ2n) is 7.60. The quantitative estimate of drug-likeness (QED) is 0.425. The number of aromatic nitrogens is 2. The predicted molar refractivity (Wildman–Crippen MR) is 123 cm³/mol. The molecule has 2 aromatic carbocycles. The lowest BCUT2D eigenvalue weighted by Crippen LogP contribution is -2.30. The van der Waals surface area contributed by atoms with Crippen molar-refractivity contribution in [3.63, 3.8) is 0 Å². The maximum absolute atomic E-state index is 12.5. The largest absolute Gasteiger partial charge is 0.483 e. The van der Waals surface area contributed by atoms with Crippen molar-refractivity contribution in [3.05, 3.63) is 59.8 Å². The number of nitrogens with zero attached hydrogens (tertiary/aromatic N) is 2. The minimum absolute atomic E-state index is 0.000171. The maximum atomic E-state index is 12.5. The van der Waals surface area contributed by atoms with Crippen LogP contribution in [0.15, 0.2) is 48.7 Å². The number of rotatable bonds is 4. The smallest absolute Gasteiger partial charge is 0.290 e. The maximum Gasteiger partial charge on any atom is 0.290 e. The van der Waals surface area contributed by atoms with Crippen LogP contribution in [0.4, 0.5) is 0 Å². The molecular weight excluding hydrogens is 412 g/mol. The molecule has 4 aromatic rings. The van der Waals surface area contributed by atoms with Gasteiger partial charge in [0.2, 0.25) is 0 Å². The first kappa shape index (κ1) is 21.0. The number of carbonyl (C=O) groups is 2. The Morgan fingerprint density at radius 2 is 2.10 bits per heavy atom. The van der Waals surface area contributed by atoms with Gasteiger partial charge in [0.05, 0.1) is 15.9 Å². The van der Waals surface area contributed by atoms with Gasteiger partial charge in [-0.1, -0.05) is 41.2 Å². The van der Waals surface area contributed by atoms with E-state index in [1.165, 1.54) is 5.56 Å². The number of benzene rings is 2. The van der Waals surface area contributed by atoms with Crippen molar-refractivity contribution < 1.29 is 14.7 Å². The van der Waals surface area contributed by atoms with Crippen LogP contribution in [-0.2, 0) is 4.79 Å². The molecule has 0 radical (unpaired) electrons. The average Bonchev–Trinajstić information content (AvgIpc) is 3.49. The van der Waals surface area contributed by atoms with Crippen LogP contribution in [-0.4, -0.2) is 46.5 Å². The van der Waals surface area contributed by atoms with Crippen LogP contribution >= 0.6 is 11.3 Å². The van der Waals surface area contributed by atoms with Crippen LogP contribution in [0.5, 0.6) is 0 Å². The van der Waals surface area contributed by atoms with Gasteiger partial charge < -0.3 is 15.7 Å². The van der Waals surface area contributed by atoms with Gasteiger partial charge in [0.15, 0.2) is 4.96 Å². The number of fused-ring (bicyclic) bond motifs is 3. The fourth-order valence-corrected chi connectivity index (χ4v) is 4.78. The zero-order chi connectivity index (χ0) is 21.8. The molecule has 7 nitrogen and oxygen atoms in total. The molecule has 0 aliphatic carbocycles. The molecule has 3 N–H and O–H groups in total. The average molecular weight is 437 g/mol. The zero-order valence-corrected chi connectivity index (χ0v) is 18.0. The Labute approximate surface area is 183 Å². The third-order valence-corrected chi connectivity index (χ3v) is 6.43. The molecule has 1 saturated heterocycles. The minimum atomic E-state index is -0.250. The second kappa shape index (κ2) is 9.28. The van der Waals surface area contributed by atoms with Crippen molar-refractivity contribution >= 4 is 38.9 Å². The van der Waals surface area contributed by atoms with Gasteiger partial charge >= 0.3 is 0 Å². The highest BCUT2D eigenvalue weighted by atomic mass is 32.1. The Morgan fingerprint density at radius 3 is 2.81 bits per heavy atom. The zero-order valence-electron chi connectivity index (χ0n) is 17.2. The van der Waals surface area contributed by atoms with E-state index in [0.717, 1.165) is 52.5 Å². The van der Waals surface area contributed by atoms with Gasteiger partial charge in [-0.3, -0.25) is 14.0 Å². The highest BCUT2D eigenvalue weighted by molar-refractivity contribution is 7.23. The summed E-state index contributed by atoms with van der Waals surface area (Å²) in [6, 6.07) is 14.3. The van der Waals surface area contributed by atoms with Crippen LogP contribution < -0.4 is 10.6 Å². The van der Waals surface area contributed by atoms with E-state index in [1.54, 1.807) is 11.3 Å². The number of imidazole rings is 1. The van der Waals surface area contributed by atoms with Crippen LogP contribution in [0.3, 0.4) is 0 Å². The summed E-state index contributed by atoms with van der Waals surface area (Å²) in [6.45, 7) is 4.61. The van der Waals surface area contributed by atoms with E-state index in [-0.39, 0.29) is 12.4 Å².